The summed E-state index contributed by atoms with van der Waals surface area (Å²) in [5.74, 6) is 2.03. The second-order valence-electron chi connectivity index (χ2n) is 6.67. The standard InChI is InChI=1S/C21H22ClN3O/c1-15-14-20(23-21-18(15)4-3-5-19(21)26-2)25-12-10-24(11-13-25)17-8-6-16(22)7-9-17/h3-9,14H,10-13H2,1-2H3/p+1. The van der Waals surface area contributed by atoms with Crippen molar-refractivity contribution in [3.8, 4) is 5.75 Å². The molecule has 2 aromatic carbocycles. The molecule has 134 valence electrons. The van der Waals surface area contributed by atoms with Crippen molar-refractivity contribution in [3.63, 3.8) is 0 Å². The average molecular weight is 369 g/mol. The number of nitrogens with zero attached hydrogens (tertiary/aromatic N) is 2. The number of piperazine rings is 1. The van der Waals surface area contributed by atoms with Gasteiger partial charge in [-0.05, 0) is 42.8 Å². The summed E-state index contributed by atoms with van der Waals surface area (Å²) in [4.78, 5) is 8.40. The Bertz CT molecular complexity index is 918. The molecule has 1 aliphatic heterocycles. The molecule has 0 spiro atoms. The molecule has 0 unspecified atom stereocenters. The Morgan fingerprint density at radius 2 is 1.65 bits per heavy atom. The summed E-state index contributed by atoms with van der Waals surface area (Å²) < 4.78 is 5.54. The zero-order valence-electron chi connectivity index (χ0n) is 15.1. The van der Waals surface area contributed by atoms with Crippen molar-refractivity contribution < 1.29 is 9.72 Å². The highest BCUT2D eigenvalue weighted by Crippen LogP contribution is 2.27. The molecule has 0 aliphatic carbocycles. The van der Waals surface area contributed by atoms with Gasteiger partial charge in [-0.1, -0.05) is 23.7 Å². The fourth-order valence-corrected chi connectivity index (χ4v) is 3.76. The first-order chi connectivity index (χ1) is 12.7. The van der Waals surface area contributed by atoms with Crippen LogP contribution in [0.1, 0.15) is 5.56 Å². The summed E-state index contributed by atoms with van der Waals surface area (Å²) in [7, 11) is 1.72. The topological polar surface area (TPSA) is 29.9 Å². The summed E-state index contributed by atoms with van der Waals surface area (Å²) in [5, 5.41) is 1.98. The number of anilines is 2. The van der Waals surface area contributed by atoms with Gasteiger partial charge in [-0.2, -0.15) is 0 Å². The van der Waals surface area contributed by atoms with E-state index in [0.717, 1.165) is 48.3 Å². The Labute approximate surface area is 159 Å². The van der Waals surface area contributed by atoms with Crippen molar-refractivity contribution in [2.45, 2.75) is 6.92 Å². The van der Waals surface area contributed by atoms with Crippen LogP contribution in [0.4, 0.5) is 11.5 Å². The first-order valence-electron chi connectivity index (χ1n) is 8.91. The summed E-state index contributed by atoms with van der Waals surface area (Å²) >= 11 is 6.00. The molecule has 1 saturated heterocycles. The van der Waals surface area contributed by atoms with E-state index in [2.05, 4.69) is 46.0 Å². The second kappa shape index (κ2) is 7.04. The Morgan fingerprint density at radius 1 is 0.962 bits per heavy atom. The van der Waals surface area contributed by atoms with Gasteiger partial charge in [0.15, 0.2) is 11.3 Å². The normalized spacial score (nSPS) is 14.7. The zero-order valence-corrected chi connectivity index (χ0v) is 15.9. The number of halogens is 1. The molecule has 1 aliphatic rings. The number of para-hydroxylation sites is 1. The van der Waals surface area contributed by atoms with E-state index in [-0.39, 0.29) is 0 Å². The van der Waals surface area contributed by atoms with Crippen LogP contribution >= 0.6 is 11.6 Å². The van der Waals surface area contributed by atoms with Gasteiger partial charge < -0.3 is 9.64 Å². The van der Waals surface area contributed by atoms with Crippen molar-refractivity contribution in [1.29, 1.82) is 0 Å². The van der Waals surface area contributed by atoms with Gasteiger partial charge in [0.05, 0.1) is 20.2 Å². The number of rotatable bonds is 3. The molecular formula is C21H23ClN3O+. The van der Waals surface area contributed by atoms with Crippen LogP contribution in [0.15, 0.2) is 48.5 Å². The number of aromatic nitrogens is 1. The smallest absolute Gasteiger partial charge is 0.275 e. The minimum absolute atomic E-state index is 0.780. The van der Waals surface area contributed by atoms with E-state index in [4.69, 9.17) is 16.3 Å². The van der Waals surface area contributed by atoms with Gasteiger partial charge in [0, 0.05) is 22.2 Å². The predicted molar refractivity (Wildman–Crippen MR) is 108 cm³/mol. The van der Waals surface area contributed by atoms with Gasteiger partial charge in [-0.15, -0.1) is 0 Å². The molecule has 0 bridgehead atoms. The average Bonchev–Trinajstić information content (AvgIpc) is 2.68. The highest BCUT2D eigenvalue weighted by Gasteiger charge is 2.25. The third-order valence-corrected chi connectivity index (χ3v) is 5.34. The third kappa shape index (κ3) is 3.17. The largest absolute Gasteiger partial charge is 0.492 e. The van der Waals surface area contributed by atoms with Gasteiger partial charge in [-0.25, -0.2) is 4.98 Å². The number of ether oxygens (including phenoxy) is 1. The number of aromatic amines is 1. The second-order valence-corrected chi connectivity index (χ2v) is 7.11. The van der Waals surface area contributed by atoms with Gasteiger partial charge in [0.25, 0.3) is 5.82 Å². The predicted octanol–water partition coefficient (Wildman–Crippen LogP) is 3.95. The number of fused-ring (bicyclic) bond motifs is 1. The fraction of sp³-hybridized carbons (Fsp3) is 0.286. The number of nitrogens with one attached hydrogen (secondary N) is 1. The van der Waals surface area contributed by atoms with Crippen LogP contribution < -0.4 is 19.5 Å². The van der Waals surface area contributed by atoms with Gasteiger partial charge in [-0.3, -0.25) is 4.90 Å². The quantitative estimate of drug-likeness (QED) is 0.701. The SMILES string of the molecule is COc1cccc2c(C)cc(N3CCN(c4ccc(Cl)cc4)CC3)[nH+]c12. The molecule has 3 aromatic rings. The molecule has 4 nitrogen and oxygen atoms in total. The van der Waals surface area contributed by atoms with E-state index in [1.165, 1.54) is 16.6 Å². The van der Waals surface area contributed by atoms with Crippen LogP contribution in [0.2, 0.25) is 5.02 Å². The zero-order chi connectivity index (χ0) is 18.1. The number of benzene rings is 2. The van der Waals surface area contributed by atoms with Crippen molar-refractivity contribution >= 4 is 34.0 Å². The number of hydrogen-bond acceptors (Lipinski definition) is 3. The Balaban J connectivity index is 1.56. The maximum Gasteiger partial charge on any atom is 0.275 e. The first-order valence-corrected chi connectivity index (χ1v) is 9.28. The third-order valence-electron chi connectivity index (χ3n) is 5.09. The molecule has 1 aromatic heterocycles. The lowest BCUT2D eigenvalue weighted by Crippen LogP contribution is -2.48. The molecular weight excluding hydrogens is 346 g/mol. The summed E-state index contributed by atoms with van der Waals surface area (Å²) in [6.07, 6.45) is 0. The van der Waals surface area contributed by atoms with E-state index in [0.29, 0.717) is 0 Å². The summed E-state index contributed by atoms with van der Waals surface area (Å²) in [6.45, 7) is 6.07. The number of pyridine rings is 1. The van der Waals surface area contributed by atoms with Crippen molar-refractivity contribution in [2.24, 2.45) is 0 Å². The van der Waals surface area contributed by atoms with E-state index in [9.17, 15) is 0 Å². The highest BCUT2D eigenvalue weighted by atomic mass is 35.5. The molecule has 2 heterocycles. The van der Waals surface area contributed by atoms with E-state index in [1.54, 1.807) is 7.11 Å². The van der Waals surface area contributed by atoms with Crippen LogP contribution in [0.3, 0.4) is 0 Å². The van der Waals surface area contributed by atoms with Crippen LogP contribution in [0.25, 0.3) is 10.9 Å². The van der Waals surface area contributed by atoms with Crippen molar-refractivity contribution in [3.05, 3.63) is 59.1 Å². The molecule has 26 heavy (non-hydrogen) atoms. The monoisotopic (exact) mass is 368 g/mol. The fourth-order valence-electron chi connectivity index (χ4n) is 3.63. The molecule has 0 atom stereocenters. The van der Waals surface area contributed by atoms with E-state index in [1.807, 2.05) is 24.3 Å². The Hall–Kier alpha value is -2.46. The number of methoxy groups -OCH3 is 1. The van der Waals surface area contributed by atoms with Crippen molar-refractivity contribution in [1.82, 2.24) is 0 Å². The van der Waals surface area contributed by atoms with Gasteiger partial charge >= 0.3 is 0 Å². The van der Waals surface area contributed by atoms with Crippen molar-refractivity contribution in [2.75, 3.05) is 43.1 Å². The summed E-state index contributed by atoms with van der Waals surface area (Å²) in [6, 6.07) is 16.5. The Morgan fingerprint density at radius 3 is 2.35 bits per heavy atom. The highest BCUT2D eigenvalue weighted by molar-refractivity contribution is 6.30. The van der Waals surface area contributed by atoms with Crippen LogP contribution in [-0.4, -0.2) is 33.3 Å². The molecule has 0 radical (unpaired) electrons. The molecule has 5 heteroatoms. The number of aryl methyl sites for hydroxylation is 1. The minimum atomic E-state index is 0.780. The molecule has 4 rings (SSSR count). The maximum absolute atomic E-state index is 6.00. The minimum Gasteiger partial charge on any atom is -0.492 e. The first kappa shape index (κ1) is 17.0. The van der Waals surface area contributed by atoms with E-state index >= 15 is 0 Å². The summed E-state index contributed by atoms with van der Waals surface area (Å²) in [5.41, 5.74) is 3.55. The van der Waals surface area contributed by atoms with Crippen LogP contribution in [0, 0.1) is 6.92 Å². The van der Waals surface area contributed by atoms with Crippen LogP contribution in [0.5, 0.6) is 5.75 Å². The van der Waals surface area contributed by atoms with E-state index < -0.39 is 0 Å². The number of hydrogen-bond donors (Lipinski definition) is 0. The number of H-pyrrole nitrogens is 1. The molecule has 1 N–H and O–H groups in total. The maximum atomic E-state index is 6.00. The van der Waals surface area contributed by atoms with Gasteiger partial charge in [0.1, 0.15) is 13.1 Å². The molecule has 0 saturated carbocycles. The molecule has 1 fully saturated rings. The lowest BCUT2D eigenvalue weighted by molar-refractivity contribution is -0.331. The molecule has 0 amide bonds. The Kier molecular flexibility index (Phi) is 4.60. The lowest BCUT2D eigenvalue weighted by atomic mass is 10.1. The van der Waals surface area contributed by atoms with Crippen LogP contribution in [-0.2, 0) is 0 Å². The van der Waals surface area contributed by atoms with Gasteiger partial charge in [0.2, 0.25) is 0 Å². The lowest BCUT2D eigenvalue weighted by Gasteiger charge is -2.32.